The van der Waals surface area contributed by atoms with Crippen molar-refractivity contribution in [3.63, 3.8) is 0 Å². The Kier molecular flexibility index (Phi) is 7.33. The van der Waals surface area contributed by atoms with E-state index in [9.17, 15) is 26.6 Å². The largest absolute Gasteiger partial charge is 0.435 e. The smallest absolute Gasteiger partial charge is 0.374 e. The molecule has 3 aromatic rings. The number of nitrogens with zero attached hydrogens (tertiary/aromatic N) is 2. The first-order valence-electron chi connectivity index (χ1n) is 10.3. The normalized spacial score (nSPS) is 19.1. The number of carbonyl (C=O) groups is 1. The summed E-state index contributed by atoms with van der Waals surface area (Å²) in [4.78, 5) is 17.8. The first-order chi connectivity index (χ1) is 17.2. The van der Waals surface area contributed by atoms with Crippen LogP contribution in [0.2, 0.25) is 15.1 Å². The number of benzene rings is 3. The molecule has 0 aliphatic carbocycles. The zero-order chi connectivity index (χ0) is 27.2. The molecule has 194 valence electrons. The Labute approximate surface area is 224 Å². The molecule has 1 aliphatic rings. The molecule has 3 aromatic carbocycles. The summed E-state index contributed by atoms with van der Waals surface area (Å²) >= 11 is 17.3. The second-order valence-electron chi connectivity index (χ2n) is 8.12. The van der Waals surface area contributed by atoms with Crippen LogP contribution in [-0.4, -0.2) is 28.3 Å². The monoisotopic (exact) mass is 592 g/mol. The fraction of sp³-hybridized carbons (Fsp3) is 0.167. The summed E-state index contributed by atoms with van der Waals surface area (Å²) in [5, 5.41) is 2.75. The van der Waals surface area contributed by atoms with Gasteiger partial charge < -0.3 is 4.84 Å². The van der Waals surface area contributed by atoms with Gasteiger partial charge in [-0.15, -0.1) is 0 Å². The third kappa shape index (κ3) is 5.34. The van der Waals surface area contributed by atoms with E-state index >= 15 is 0 Å². The molecule has 0 fully saturated rings. The lowest BCUT2D eigenvalue weighted by atomic mass is 9.86. The van der Waals surface area contributed by atoms with Crippen LogP contribution >= 0.6 is 34.8 Å². The van der Waals surface area contributed by atoms with Crippen molar-refractivity contribution in [3.8, 4) is 0 Å². The summed E-state index contributed by atoms with van der Waals surface area (Å²) < 4.78 is 73.1. The van der Waals surface area contributed by atoms with Crippen LogP contribution in [-0.2, 0) is 20.2 Å². The molecule has 0 bridgehead atoms. The lowest BCUT2D eigenvalue weighted by Crippen LogP contribution is -2.42. The summed E-state index contributed by atoms with van der Waals surface area (Å²) in [5.74, 6) is -1.84. The van der Waals surface area contributed by atoms with Crippen LogP contribution in [0.4, 0.5) is 17.6 Å². The molecule has 1 amide bonds. The molecule has 2 unspecified atom stereocenters. The van der Waals surface area contributed by atoms with Crippen LogP contribution in [0.25, 0.3) is 0 Å². The van der Waals surface area contributed by atoms with Gasteiger partial charge in [0.1, 0.15) is 0 Å². The number of hydrogen-bond donors (Lipinski definition) is 0. The van der Waals surface area contributed by atoms with Crippen molar-refractivity contribution in [1.82, 2.24) is 0 Å². The molecule has 0 saturated carbocycles. The predicted octanol–water partition coefficient (Wildman–Crippen LogP) is 7.67. The molecular weight excluding hydrogens is 579 g/mol. The van der Waals surface area contributed by atoms with Crippen LogP contribution in [0, 0.1) is 5.82 Å². The van der Waals surface area contributed by atoms with Crippen LogP contribution in [0.15, 0.2) is 75.1 Å². The highest BCUT2D eigenvalue weighted by atomic mass is 35.5. The number of hydrogen-bond acceptors (Lipinski definition) is 4. The Morgan fingerprint density at radius 3 is 2.24 bits per heavy atom. The third-order valence-corrected chi connectivity index (χ3v) is 8.02. The van der Waals surface area contributed by atoms with Crippen molar-refractivity contribution < 1.29 is 31.4 Å². The Hall–Kier alpha value is -2.66. The summed E-state index contributed by atoms with van der Waals surface area (Å²) in [6.45, 7) is 0. The summed E-state index contributed by atoms with van der Waals surface area (Å²) in [6, 6.07) is 13.1. The minimum Gasteiger partial charge on any atom is -0.374 e. The third-order valence-electron chi connectivity index (χ3n) is 5.59. The van der Waals surface area contributed by atoms with Crippen molar-refractivity contribution >= 4 is 56.2 Å². The molecule has 2 atom stereocenters. The zero-order valence-corrected chi connectivity index (χ0v) is 21.7. The molecule has 1 aliphatic heterocycles. The van der Waals surface area contributed by atoms with E-state index in [1.54, 1.807) is 12.1 Å². The Bertz CT molecular complexity index is 1530. The number of alkyl halides is 3. The SMILES string of the molecule is CS(=O)(=NC(=O)c1ccc(C2=NOC(c3cc(Cl)c(F)c(Cl)c3)(C(F)(F)F)C2)cc1)c1cccc(Cl)c1. The molecule has 0 N–H and O–H groups in total. The lowest BCUT2D eigenvalue weighted by molar-refractivity contribution is -0.275. The molecule has 5 nitrogen and oxygen atoms in total. The van der Waals surface area contributed by atoms with E-state index in [1.165, 1.54) is 42.7 Å². The summed E-state index contributed by atoms with van der Waals surface area (Å²) in [7, 11) is -3.10. The van der Waals surface area contributed by atoms with E-state index in [2.05, 4.69) is 9.52 Å². The maximum atomic E-state index is 14.2. The quantitative estimate of drug-likeness (QED) is 0.230. The van der Waals surface area contributed by atoms with Crippen molar-refractivity contribution in [1.29, 1.82) is 0 Å². The summed E-state index contributed by atoms with van der Waals surface area (Å²) in [6.07, 6.45) is -4.43. The van der Waals surface area contributed by atoms with Gasteiger partial charge in [0.2, 0.25) is 0 Å². The highest BCUT2D eigenvalue weighted by Gasteiger charge is 2.62. The van der Waals surface area contributed by atoms with E-state index < -0.39 is 55.3 Å². The number of carbonyl (C=O) groups excluding carboxylic acids is 1. The molecule has 1 heterocycles. The number of rotatable bonds is 4. The highest BCUT2D eigenvalue weighted by molar-refractivity contribution is 7.93. The Balaban J connectivity index is 1.61. The molecule has 0 spiro atoms. The summed E-state index contributed by atoms with van der Waals surface area (Å²) in [5.41, 5.74) is -3.26. The average molecular weight is 594 g/mol. The minimum absolute atomic E-state index is 0.0547. The number of amides is 1. The van der Waals surface area contributed by atoms with Crippen molar-refractivity contribution in [2.45, 2.75) is 23.1 Å². The minimum atomic E-state index is -4.96. The van der Waals surface area contributed by atoms with Gasteiger partial charge in [-0.2, -0.15) is 17.5 Å². The first-order valence-corrected chi connectivity index (χ1v) is 13.4. The maximum Gasteiger partial charge on any atom is 0.435 e. The van der Waals surface area contributed by atoms with Gasteiger partial charge in [-0.1, -0.05) is 58.2 Å². The first kappa shape index (κ1) is 27.4. The molecule has 0 radical (unpaired) electrons. The molecule has 4 rings (SSSR count). The van der Waals surface area contributed by atoms with Gasteiger partial charge in [-0.3, -0.25) is 4.79 Å². The maximum absolute atomic E-state index is 14.2. The van der Waals surface area contributed by atoms with Crippen molar-refractivity contribution in [3.05, 3.63) is 98.2 Å². The van der Waals surface area contributed by atoms with E-state index in [0.29, 0.717) is 5.02 Å². The molecule has 13 heteroatoms. The number of halogens is 7. The van der Waals surface area contributed by atoms with E-state index in [1.807, 2.05) is 0 Å². The Morgan fingerprint density at radius 1 is 1.05 bits per heavy atom. The fourth-order valence-electron chi connectivity index (χ4n) is 3.62. The van der Waals surface area contributed by atoms with E-state index in [0.717, 1.165) is 12.1 Å². The fourth-order valence-corrected chi connectivity index (χ4v) is 5.56. The van der Waals surface area contributed by atoms with Gasteiger partial charge in [0.05, 0.1) is 25.5 Å². The topological polar surface area (TPSA) is 68.1 Å². The van der Waals surface area contributed by atoms with Gasteiger partial charge in [0.15, 0.2) is 5.82 Å². The van der Waals surface area contributed by atoms with Gasteiger partial charge in [0, 0.05) is 33.7 Å². The molecule has 37 heavy (non-hydrogen) atoms. The second kappa shape index (κ2) is 9.90. The van der Waals surface area contributed by atoms with Crippen LogP contribution in [0.3, 0.4) is 0 Å². The van der Waals surface area contributed by atoms with Crippen LogP contribution in [0.1, 0.15) is 27.9 Å². The van der Waals surface area contributed by atoms with Crippen molar-refractivity contribution in [2.75, 3.05) is 6.26 Å². The highest BCUT2D eigenvalue weighted by Crippen LogP contribution is 2.50. The second-order valence-corrected chi connectivity index (χ2v) is 11.6. The Morgan fingerprint density at radius 2 is 1.68 bits per heavy atom. The molecule has 0 aromatic heterocycles. The molecule has 0 saturated heterocycles. The van der Waals surface area contributed by atoms with Crippen LogP contribution in [0.5, 0.6) is 0 Å². The van der Waals surface area contributed by atoms with E-state index in [4.69, 9.17) is 39.6 Å². The zero-order valence-electron chi connectivity index (χ0n) is 18.7. The average Bonchev–Trinajstić information content (AvgIpc) is 3.29. The standard InChI is InChI=1S/C24H15Cl3F4N2O3S/c1-37(35,17-4-2-3-16(25)11-17)33-22(34)14-7-5-13(6-8-14)20-12-23(36-32-20,24(29,30)31)15-9-18(26)21(28)19(27)10-15/h2-11H,12H2,1H3. The van der Waals surface area contributed by atoms with Gasteiger partial charge >= 0.3 is 6.18 Å². The predicted molar refractivity (Wildman–Crippen MR) is 133 cm³/mol. The van der Waals surface area contributed by atoms with E-state index in [-0.39, 0.29) is 21.7 Å². The van der Waals surface area contributed by atoms with Gasteiger partial charge in [-0.05, 0) is 48.0 Å². The van der Waals surface area contributed by atoms with Gasteiger partial charge in [0.25, 0.3) is 11.5 Å². The molecular formula is C24H15Cl3F4N2O3S. The van der Waals surface area contributed by atoms with Gasteiger partial charge in [-0.25, -0.2) is 8.60 Å². The number of oxime groups is 1. The lowest BCUT2D eigenvalue weighted by Gasteiger charge is -2.29. The van der Waals surface area contributed by atoms with Crippen molar-refractivity contribution in [2.24, 2.45) is 9.52 Å². The van der Waals surface area contributed by atoms with Crippen LogP contribution < -0.4 is 0 Å².